The van der Waals surface area contributed by atoms with Gasteiger partial charge in [-0.3, -0.25) is 9.52 Å². The number of aryl methyl sites for hydroxylation is 1. The Kier molecular flexibility index (Phi) is 8.63. The van der Waals surface area contributed by atoms with Crippen LogP contribution in [-0.2, 0) is 19.5 Å². The Balaban J connectivity index is 2.28. The molecule has 0 saturated carbocycles. The van der Waals surface area contributed by atoms with E-state index < -0.39 is 10.0 Å². The molecule has 0 atom stereocenters. The van der Waals surface area contributed by atoms with Crippen molar-refractivity contribution in [1.29, 1.82) is 0 Å². The highest BCUT2D eigenvalue weighted by Crippen LogP contribution is 2.26. The fourth-order valence-corrected chi connectivity index (χ4v) is 4.21. The van der Waals surface area contributed by atoms with Crippen molar-refractivity contribution in [3.63, 3.8) is 0 Å². The third-order valence-electron chi connectivity index (χ3n) is 4.18. The lowest BCUT2D eigenvalue weighted by molar-refractivity contribution is 0.0627. The third-order valence-corrected chi connectivity index (χ3v) is 6.23. The van der Waals surface area contributed by atoms with Crippen molar-refractivity contribution in [2.24, 2.45) is 0 Å². The number of nitrogens with zero attached hydrogens (tertiary/aromatic N) is 1. The third kappa shape index (κ3) is 6.53. The molecule has 2 aromatic rings. The summed E-state index contributed by atoms with van der Waals surface area (Å²) in [6, 6.07) is 11.4. The second-order valence-corrected chi connectivity index (χ2v) is 8.93. The zero-order chi connectivity index (χ0) is 21.4. The van der Waals surface area contributed by atoms with Gasteiger partial charge in [-0.2, -0.15) is 0 Å². The van der Waals surface area contributed by atoms with Gasteiger partial charge in [-0.1, -0.05) is 12.1 Å². The van der Waals surface area contributed by atoms with E-state index in [9.17, 15) is 13.2 Å². The van der Waals surface area contributed by atoms with E-state index >= 15 is 0 Å². The predicted octanol–water partition coefficient (Wildman–Crippen LogP) is 3.29. The van der Waals surface area contributed by atoms with Crippen molar-refractivity contribution in [3.8, 4) is 0 Å². The van der Waals surface area contributed by atoms with Crippen LogP contribution in [0, 0.1) is 6.92 Å². The van der Waals surface area contributed by atoms with Gasteiger partial charge in [-0.05, 0) is 58.7 Å². The second kappa shape index (κ2) is 10.7. The molecule has 7 nitrogen and oxygen atoms in total. The first-order chi connectivity index (χ1) is 13.8. The Morgan fingerprint density at radius 1 is 1.07 bits per heavy atom. The first-order valence-corrected chi connectivity index (χ1v) is 11.2. The quantitative estimate of drug-likeness (QED) is 0.559. The average Bonchev–Trinajstić information content (AvgIpc) is 2.70. The number of halogens is 1. The molecule has 0 aliphatic heterocycles. The molecule has 0 fully saturated rings. The Labute approximate surface area is 180 Å². The number of carbonyl (C=O) groups is 1. The van der Waals surface area contributed by atoms with Crippen LogP contribution in [0.1, 0.15) is 15.9 Å². The van der Waals surface area contributed by atoms with Crippen LogP contribution in [0.2, 0.25) is 0 Å². The Bertz CT molecular complexity index is 942. The molecule has 2 aromatic carbocycles. The van der Waals surface area contributed by atoms with Crippen LogP contribution in [0.5, 0.6) is 0 Å². The first kappa shape index (κ1) is 23.3. The van der Waals surface area contributed by atoms with Gasteiger partial charge in [0.25, 0.3) is 15.9 Å². The molecule has 0 bridgehead atoms. The lowest BCUT2D eigenvalue weighted by atomic mass is 10.2. The maximum absolute atomic E-state index is 12.9. The number of ether oxygens (including phenoxy) is 2. The van der Waals surface area contributed by atoms with Crippen LogP contribution in [0.25, 0.3) is 0 Å². The fourth-order valence-electron chi connectivity index (χ4n) is 2.62. The first-order valence-electron chi connectivity index (χ1n) is 8.94. The minimum Gasteiger partial charge on any atom is -0.383 e. The average molecular weight is 485 g/mol. The monoisotopic (exact) mass is 484 g/mol. The second-order valence-electron chi connectivity index (χ2n) is 6.39. The summed E-state index contributed by atoms with van der Waals surface area (Å²) in [4.78, 5) is 14.5. The lowest BCUT2D eigenvalue weighted by Crippen LogP contribution is -2.36. The van der Waals surface area contributed by atoms with Gasteiger partial charge in [0.15, 0.2) is 0 Å². The molecular weight excluding hydrogens is 460 g/mol. The summed E-state index contributed by atoms with van der Waals surface area (Å²) in [6.07, 6.45) is 0. The molecule has 158 valence electrons. The van der Waals surface area contributed by atoms with Crippen molar-refractivity contribution in [1.82, 2.24) is 4.90 Å². The number of methoxy groups -OCH3 is 2. The minimum atomic E-state index is -3.87. The van der Waals surface area contributed by atoms with E-state index in [-0.39, 0.29) is 16.4 Å². The highest BCUT2D eigenvalue weighted by Gasteiger charge is 2.20. The summed E-state index contributed by atoms with van der Waals surface area (Å²) in [5, 5.41) is 0. The van der Waals surface area contributed by atoms with E-state index in [0.717, 1.165) is 5.56 Å². The van der Waals surface area contributed by atoms with Crippen LogP contribution < -0.4 is 4.72 Å². The van der Waals surface area contributed by atoms with Crippen molar-refractivity contribution in [2.45, 2.75) is 11.8 Å². The molecule has 0 heterocycles. The van der Waals surface area contributed by atoms with E-state index in [2.05, 4.69) is 20.7 Å². The Hall–Kier alpha value is -1.94. The van der Waals surface area contributed by atoms with Gasteiger partial charge in [-0.15, -0.1) is 0 Å². The zero-order valence-corrected chi connectivity index (χ0v) is 19.0. The van der Waals surface area contributed by atoms with E-state index in [1.54, 1.807) is 43.4 Å². The summed E-state index contributed by atoms with van der Waals surface area (Å²) in [6.45, 7) is 3.37. The highest BCUT2D eigenvalue weighted by atomic mass is 79.9. The number of carbonyl (C=O) groups excluding carboxylic acids is 1. The maximum Gasteiger partial charge on any atom is 0.261 e. The number of hydrogen-bond acceptors (Lipinski definition) is 5. The fraction of sp³-hybridized carbons (Fsp3) is 0.350. The summed E-state index contributed by atoms with van der Waals surface area (Å²) < 4.78 is 39.0. The summed E-state index contributed by atoms with van der Waals surface area (Å²) in [5.41, 5.74) is 1.63. The number of rotatable bonds is 10. The van der Waals surface area contributed by atoms with E-state index in [0.29, 0.717) is 36.5 Å². The molecular formula is C20H25BrN2O5S. The van der Waals surface area contributed by atoms with Crippen LogP contribution in [-0.4, -0.2) is 59.7 Å². The summed E-state index contributed by atoms with van der Waals surface area (Å²) >= 11 is 3.35. The van der Waals surface area contributed by atoms with Gasteiger partial charge in [0, 0.05) is 37.3 Å². The van der Waals surface area contributed by atoms with E-state index in [1.165, 1.54) is 12.1 Å². The molecule has 9 heteroatoms. The Morgan fingerprint density at radius 3 is 2.34 bits per heavy atom. The molecule has 0 radical (unpaired) electrons. The minimum absolute atomic E-state index is 0.00943. The largest absolute Gasteiger partial charge is 0.383 e. The van der Waals surface area contributed by atoms with Crippen LogP contribution >= 0.6 is 15.9 Å². The van der Waals surface area contributed by atoms with Gasteiger partial charge >= 0.3 is 0 Å². The molecule has 1 amide bonds. The van der Waals surface area contributed by atoms with Gasteiger partial charge in [0.05, 0.1) is 23.8 Å². The number of hydrogen-bond donors (Lipinski definition) is 1. The number of sulfonamides is 1. The molecule has 2 rings (SSSR count). The van der Waals surface area contributed by atoms with E-state index in [1.807, 2.05) is 13.0 Å². The standard InChI is InChI=1S/C20H25BrN2O5S/c1-15-7-8-18(21)19(13-15)22-29(25,26)17-6-4-5-16(14-17)20(24)23(9-11-27-2)10-12-28-3/h4-8,13-14,22H,9-12H2,1-3H3. The Morgan fingerprint density at radius 2 is 1.72 bits per heavy atom. The number of amides is 1. The predicted molar refractivity (Wildman–Crippen MR) is 116 cm³/mol. The maximum atomic E-state index is 12.9. The van der Waals surface area contributed by atoms with Crippen LogP contribution in [0.15, 0.2) is 51.8 Å². The van der Waals surface area contributed by atoms with Crippen LogP contribution in [0.3, 0.4) is 0 Å². The SMILES string of the molecule is COCCN(CCOC)C(=O)c1cccc(S(=O)(=O)Nc2cc(C)ccc2Br)c1. The van der Waals surface area contributed by atoms with Crippen molar-refractivity contribution >= 4 is 37.5 Å². The van der Waals surface area contributed by atoms with Crippen molar-refractivity contribution in [2.75, 3.05) is 45.2 Å². The molecule has 29 heavy (non-hydrogen) atoms. The summed E-state index contributed by atoms with van der Waals surface area (Å²) in [7, 11) is -0.755. The number of anilines is 1. The van der Waals surface area contributed by atoms with Crippen molar-refractivity contribution in [3.05, 3.63) is 58.1 Å². The molecule has 0 saturated heterocycles. The summed E-state index contributed by atoms with van der Waals surface area (Å²) in [5.74, 6) is -0.284. The van der Waals surface area contributed by atoms with Gasteiger partial charge in [0.2, 0.25) is 0 Å². The molecule has 0 aromatic heterocycles. The lowest BCUT2D eigenvalue weighted by Gasteiger charge is -2.22. The molecule has 0 unspecified atom stereocenters. The van der Waals surface area contributed by atoms with Crippen molar-refractivity contribution < 1.29 is 22.7 Å². The normalized spacial score (nSPS) is 11.3. The van der Waals surface area contributed by atoms with Gasteiger partial charge < -0.3 is 14.4 Å². The zero-order valence-electron chi connectivity index (χ0n) is 16.6. The molecule has 1 N–H and O–H groups in total. The highest BCUT2D eigenvalue weighted by molar-refractivity contribution is 9.10. The van der Waals surface area contributed by atoms with E-state index in [4.69, 9.17) is 9.47 Å². The molecule has 0 aliphatic rings. The molecule has 0 spiro atoms. The smallest absolute Gasteiger partial charge is 0.261 e. The van der Waals surface area contributed by atoms with Gasteiger partial charge in [-0.25, -0.2) is 8.42 Å². The van der Waals surface area contributed by atoms with Gasteiger partial charge in [0.1, 0.15) is 0 Å². The number of nitrogens with one attached hydrogen (secondary N) is 1. The van der Waals surface area contributed by atoms with Crippen LogP contribution in [0.4, 0.5) is 5.69 Å². The topological polar surface area (TPSA) is 84.9 Å². The number of benzene rings is 2. The molecule has 0 aliphatic carbocycles.